The fourth-order valence-electron chi connectivity index (χ4n) is 6.98. The lowest BCUT2D eigenvalue weighted by atomic mass is 9.49. The van der Waals surface area contributed by atoms with Crippen molar-refractivity contribution >= 4 is 28.3 Å². The number of nitrogens with zero attached hydrogens (tertiary/aromatic N) is 1. The predicted octanol–water partition coefficient (Wildman–Crippen LogP) is 5.60. The third-order valence-corrected chi connectivity index (χ3v) is 7.96. The average Bonchev–Trinajstić information content (AvgIpc) is 3.49. The van der Waals surface area contributed by atoms with Gasteiger partial charge in [-0.25, -0.2) is 4.98 Å². The Kier molecular flexibility index (Phi) is 4.11. The van der Waals surface area contributed by atoms with Crippen molar-refractivity contribution in [3.63, 3.8) is 0 Å². The SMILES string of the molecule is O=C(CC12CC3CC(CC(C3)C1)C2)Nc1cc(NCC2CC2)nc2ccccc12. The van der Waals surface area contributed by atoms with Gasteiger partial charge in [-0.15, -0.1) is 0 Å². The summed E-state index contributed by atoms with van der Waals surface area (Å²) in [5, 5.41) is 7.79. The Hall–Kier alpha value is -2.10. The van der Waals surface area contributed by atoms with E-state index in [4.69, 9.17) is 4.98 Å². The number of hydrogen-bond donors (Lipinski definition) is 2. The zero-order valence-electron chi connectivity index (χ0n) is 17.1. The van der Waals surface area contributed by atoms with E-state index in [0.29, 0.717) is 6.42 Å². The Bertz CT molecular complexity index is 913. The van der Waals surface area contributed by atoms with Crippen molar-refractivity contribution in [2.45, 2.75) is 57.8 Å². The minimum absolute atomic E-state index is 0.191. The number of fused-ring (bicyclic) bond motifs is 1. The van der Waals surface area contributed by atoms with E-state index in [1.54, 1.807) is 0 Å². The van der Waals surface area contributed by atoms with Gasteiger partial charge in [-0.1, -0.05) is 18.2 Å². The molecule has 0 radical (unpaired) electrons. The van der Waals surface area contributed by atoms with Crippen LogP contribution in [0.4, 0.5) is 11.5 Å². The number of nitrogens with one attached hydrogen (secondary N) is 2. The molecule has 1 heterocycles. The molecule has 0 atom stereocenters. The van der Waals surface area contributed by atoms with Crippen molar-refractivity contribution in [1.82, 2.24) is 4.98 Å². The summed E-state index contributed by atoms with van der Waals surface area (Å²) < 4.78 is 0. The molecule has 152 valence electrons. The number of benzene rings is 1. The zero-order valence-corrected chi connectivity index (χ0v) is 17.1. The summed E-state index contributed by atoms with van der Waals surface area (Å²) in [7, 11) is 0. The number of amides is 1. The lowest BCUT2D eigenvalue weighted by Crippen LogP contribution is -2.47. The summed E-state index contributed by atoms with van der Waals surface area (Å²) in [5.41, 5.74) is 2.12. The van der Waals surface area contributed by atoms with Gasteiger partial charge in [-0.05, 0) is 86.5 Å². The standard InChI is InChI=1S/C25H31N3O/c29-24(14-25-11-17-7-18(12-25)9-19(8-17)13-25)28-22-10-23(26-15-16-5-6-16)27-21-4-2-1-3-20(21)22/h1-4,10,16-19H,5-9,11-15H2,(H2,26,27,28,29). The summed E-state index contributed by atoms with van der Waals surface area (Å²) in [6.45, 7) is 0.978. The average molecular weight is 390 g/mol. The smallest absolute Gasteiger partial charge is 0.224 e. The lowest BCUT2D eigenvalue weighted by molar-refractivity contribution is -0.124. The maximum absolute atomic E-state index is 13.2. The quantitative estimate of drug-likeness (QED) is 0.676. The minimum Gasteiger partial charge on any atom is -0.370 e. The van der Waals surface area contributed by atoms with Crippen molar-refractivity contribution in [3.05, 3.63) is 30.3 Å². The molecular formula is C25H31N3O. The Balaban J connectivity index is 1.22. The number of carbonyl (C=O) groups is 1. The Labute approximate surface area is 172 Å². The van der Waals surface area contributed by atoms with Crippen LogP contribution in [0.5, 0.6) is 0 Å². The highest BCUT2D eigenvalue weighted by Crippen LogP contribution is 2.61. The van der Waals surface area contributed by atoms with E-state index in [1.165, 1.54) is 51.4 Å². The van der Waals surface area contributed by atoms with Crippen LogP contribution < -0.4 is 10.6 Å². The second-order valence-electron chi connectivity index (χ2n) is 10.5. The van der Waals surface area contributed by atoms with E-state index in [1.807, 2.05) is 24.3 Å². The van der Waals surface area contributed by atoms with Gasteiger partial charge in [0.1, 0.15) is 5.82 Å². The van der Waals surface area contributed by atoms with Gasteiger partial charge >= 0.3 is 0 Å². The van der Waals surface area contributed by atoms with Crippen LogP contribution in [0.25, 0.3) is 10.9 Å². The van der Waals surface area contributed by atoms with Crippen LogP contribution in [-0.4, -0.2) is 17.4 Å². The number of para-hydroxylation sites is 1. The van der Waals surface area contributed by atoms with E-state index >= 15 is 0 Å². The largest absolute Gasteiger partial charge is 0.370 e. The van der Waals surface area contributed by atoms with Gasteiger partial charge in [0.05, 0.1) is 11.2 Å². The highest BCUT2D eigenvalue weighted by Gasteiger charge is 2.51. The molecule has 0 unspecified atom stereocenters. The molecule has 0 saturated heterocycles. The van der Waals surface area contributed by atoms with E-state index < -0.39 is 0 Å². The van der Waals surface area contributed by atoms with Crippen molar-refractivity contribution in [2.75, 3.05) is 17.2 Å². The van der Waals surface area contributed by atoms with Crippen LogP contribution in [0.1, 0.15) is 57.8 Å². The highest BCUT2D eigenvalue weighted by atomic mass is 16.1. The molecule has 4 heteroatoms. The van der Waals surface area contributed by atoms with E-state index in [2.05, 4.69) is 16.7 Å². The first-order chi connectivity index (χ1) is 14.1. The second kappa shape index (κ2) is 6.72. The fraction of sp³-hybridized carbons (Fsp3) is 0.600. The molecule has 5 aliphatic rings. The van der Waals surface area contributed by atoms with Crippen molar-refractivity contribution in [2.24, 2.45) is 29.1 Å². The number of rotatable bonds is 6. The first-order valence-electron chi connectivity index (χ1n) is 11.6. The van der Waals surface area contributed by atoms with Crippen molar-refractivity contribution in [1.29, 1.82) is 0 Å². The third kappa shape index (κ3) is 3.51. The lowest BCUT2D eigenvalue weighted by Gasteiger charge is -2.56. The molecule has 5 aliphatic carbocycles. The van der Waals surface area contributed by atoms with Crippen LogP contribution >= 0.6 is 0 Å². The van der Waals surface area contributed by atoms with Gasteiger partial charge in [0.15, 0.2) is 0 Å². The summed E-state index contributed by atoms with van der Waals surface area (Å²) in [5.74, 6) is 4.51. The Morgan fingerprint density at radius 2 is 1.72 bits per heavy atom. The number of aromatic nitrogens is 1. The topological polar surface area (TPSA) is 54.0 Å². The van der Waals surface area contributed by atoms with Crippen LogP contribution in [0.3, 0.4) is 0 Å². The number of carbonyl (C=O) groups excluding carboxylic acids is 1. The van der Waals surface area contributed by atoms with Gasteiger partial charge in [0.25, 0.3) is 0 Å². The van der Waals surface area contributed by atoms with E-state index in [0.717, 1.165) is 52.6 Å². The minimum atomic E-state index is 0.191. The number of anilines is 2. The molecule has 1 aromatic heterocycles. The Morgan fingerprint density at radius 1 is 1.03 bits per heavy atom. The van der Waals surface area contributed by atoms with Gasteiger partial charge < -0.3 is 10.6 Å². The third-order valence-electron chi connectivity index (χ3n) is 7.96. The molecule has 2 aromatic rings. The molecule has 7 rings (SSSR count). The molecular weight excluding hydrogens is 358 g/mol. The van der Waals surface area contributed by atoms with Crippen LogP contribution in [0.15, 0.2) is 30.3 Å². The van der Waals surface area contributed by atoms with E-state index in [9.17, 15) is 4.79 Å². The fourth-order valence-corrected chi connectivity index (χ4v) is 6.98. The van der Waals surface area contributed by atoms with E-state index in [-0.39, 0.29) is 11.3 Å². The molecule has 2 N–H and O–H groups in total. The first-order valence-corrected chi connectivity index (χ1v) is 11.6. The molecule has 4 bridgehead atoms. The monoisotopic (exact) mass is 389 g/mol. The Morgan fingerprint density at radius 3 is 2.41 bits per heavy atom. The van der Waals surface area contributed by atoms with Crippen molar-refractivity contribution < 1.29 is 4.79 Å². The summed E-state index contributed by atoms with van der Waals surface area (Å²) in [6, 6.07) is 10.2. The maximum Gasteiger partial charge on any atom is 0.224 e. The molecule has 0 spiro atoms. The molecule has 0 aliphatic heterocycles. The molecule has 5 saturated carbocycles. The molecule has 1 amide bonds. The highest BCUT2D eigenvalue weighted by molar-refractivity contribution is 6.02. The van der Waals surface area contributed by atoms with Gasteiger partial charge in [0, 0.05) is 24.4 Å². The molecule has 29 heavy (non-hydrogen) atoms. The van der Waals surface area contributed by atoms with Crippen LogP contribution in [0.2, 0.25) is 0 Å². The molecule has 1 aromatic carbocycles. The second-order valence-corrected chi connectivity index (χ2v) is 10.5. The normalized spacial score (nSPS) is 32.5. The predicted molar refractivity (Wildman–Crippen MR) is 117 cm³/mol. The van der Waals surface area contributed by atoms with Crippen molar-refractivity contribution in [3.8, 4) is 0 Å². The van der Waals surface area contributed by atoms with Crippen LogP contribution in [-0.2, 0) is 4.79 Å². The molecule has 4 nitrogen and oxygen atoms in total. The summed E-state index contributed by atoms with van der Waals surface area (Å²) >= 11 is 0. The summed E-state index contributed by atoms with van der Waals surface area (Å²) in [4.78, 5) is 17.9. The van der Waals surface area contributed by atoms with Gasteiger partial charge in [-0.3, -0.25) is 4.79 Å². The molecule has 5 fully saturated rings. The maximum atomic E-state index is 13.2. The van der Waals surface area contributed by atoms with Gasteiger partial charge in [0.2, 0.25) is 5.91 Å². The van der Waals surface area contributed by atoms with Crippen LogP contribution in [0, 0.1) is 29.1 Å². The number of hydrogen-bond acceptors (Lipinski definition) is 3. The first kappa shape index (κ1) is 17.7. The number of pyridine rings is 1. The van der Waals surface area contributed by atoms with Gasteiger partial charge in [-0.2, -0.15) is 0 Å². The zero-order chi connectivity index (χ0) is 19.4. The summed E-state index contributed by atoms with van der Waals surface area (Å²) in [6.07, 6.45) is 11.4.